The first-order valence-corrected chi connectivity index (χ1v) is 7.16. The van der Waals surface area contributed by atoms with Crippen molar-refractivity contribution in [3.8, 4) is 17.5 Å². The van der Waals surface area contributed by atoms with Crippen molar-refractivity contribution < 1.29 is 30.2 Å². The molecule has 0 aromatic carbocycles. The van der Waals surface area contributed by atoms with Gasteiger partial charge in [-0.3, -0.25) is 0 Å². The Morgan fingerprint density at radius 1 is 1.30 bits per heavy atom. The lowest BCUT2D eigenvalue weighted by Gasteiger charge is -2.08. The Labute approximate surface area is 125 Å². The fourth-order valence-corrected chi connectivity index (χ4v) is 2.01. The lowest BCUT2D eigenvalue weighted by atomic mass is 10.4. The average Bonchev–Trinajstić information content (AvgIpc) is 3.04. The summed E-state index contributed by atoms with van der Waals surface area (Å²) in [5.74, 6) is -0.941. The molecule has 122 valence electrons. The van der Waals surface area contributed by atoms with Crippen LogP contribution in [-0.4, -0.2) is 33.5 Å². The summed E-state index contributed by atoms with van der Waals surface area (Å²) >= 11 is 0. The molecule has 0 amide bonds. The van der Waals surface area contributed by atoms with Gasteiger partial charge in [-0.2, -0.15) is 31.1 Å². The van der Waals surface area contributed by atoms with Crippen LogP contribution < -0.4 is 9.92 Å². The van der Waals surface area contributed by atoms with Crippen LogP contribution in [0.5, 0.6) is 5.88 Å². The highest BCUT2D eigenvalue weighted by Crippen LogP contribution is 2.27. The molecule has 0 aliphatic carbocycles. The van der Waals surface area contributed by atoms with E-state index in [0.717, 1.165) is 10.6 Å². The number of aromatic nitrogens is 4. The zero-order valence-corrected chi connectivity index (χ0v) is 11.7. The minimum absolute atomic E-state index is 0.0729. The Morgan fingerprint density at radius 2 is 2.04 bits per heavy atom. The summed E-state index contributed by atoms with van der Waals surface area (Å²) in [5.41, 5.74) is -0.153. The van der Waals surface area contributed by atoms with Crippen molar-refractivity contribution in [2.24, 2.45) is 0 Å². The van der Waals surface area contributed by atoms with Crippen molar-refractivity contribution in [1.82, 2.24) is 19.6 Å². The Balaban J connectivity index is 2.05. The molecule has 3 rings (SSSR count). The van der Waals surface area contributed by atoms with Crippen molar-refractivity contribution in [3.63, 3.8) is 0 Å². The number of alkyl halides is 3. The largest absolute Gasteiger partial charge is 0.534 e. The molecular formula is C10H6F3N5O4S. The number of furan rings is 1. The zero-order chi connectivity index (χ0) is 16.8. The smallest absolute Gasteiger partial charge is 0.461 e. The van der Waals surface area contributed by atoms with Gasteiger partial charge >= 0.3 is 15.6 Å². The third kappa shape index (κ3) is 2.65. The summed E-state index contributed by atoms with van der Waals surface area (Å²) in [5, 5.41) is 3.94. The maximum absolute atomic E-state index is 12.3. The lowest BCUT2D eigenvalue weighted by molar-refractivity contribution is -0.0501. The van der Waals surface area contributed by atoms with E-state index in [1.807, 2.05) is 0 Å². The van der Waals surface area contributed by atoms with Gasteiger partial charge in [0.15, 0.2) is 11.4 Å². The SMILES string of the molecule is Nc1nc(OS(=O)(=O)C(F)(F)F)cc2nc(-c3ccco3)nn12. The number of fused-ring (bicyclic) bond motifs is 1. The summed E-state index contributed by atoms with van der Waals surface area (Å²) in [4.78, 5) is 7.35. The van der Waals surface area contributed by atoms with Crippen molar-refractivity contribution >= 4 is 21.7 Å². The quantitative estimate of drug-likeness (QED) is 0.552. The molecule has 0 aliphatic heterocycles. The molecule has 3 aromatic rings. The minimum atomic E-state index is -5.87. The fraction of sp³-hybridized carbons (Fsp3) is 0.100. The molecule has 0 atom stereocenters. The van der Waals surface area contributed by atoms with Crippen molar-refractivity contribution in [1.29, 1.82) is 0 Å². The Bertz CT molecular complexity index is 964. The minimum Gasteiger partial charge on any atom is -0.461 e. The number of hydrogen-bond donors (Lipinski definition) is 1. The van der Waals surface area contributed by atoms with Crippen LogP contribution in [0, 0.1) is 0 Å². The topological polar surface area (TPSA) is 126 Å². The molecule has 0 unspecified atom stereocenters. The standard InChI is InChI=1S/C10H6F3N5O4S/c11-10(12,13)23(19,20)22-7-4-6-15-8(5-2-1-3-21-5)17-18(6)9(14)16-7/h1-4H,(H2,14,16). The van der Waals surface area contributed by atoms with Crippen LogP contribution in [0.3, 0.4) is 0 Å². The molecule has 3 aromatic heterocycles. The molecule has 2 N–H and O–H groups in total. The molecule has 0 fully saturated rings. The molecule has 0 bridgehead atoms. The number of hydrogen-bond acceptors (Lipinski definition) is 8. The van der Waals surface area contributed by atoms with Crippen LogP contribution in [-0.2, 0) is 10.1 Å². The van der Waals surface area contributed by atoms with Gasteiger partial charge in [-0.1, -0.05) is 0 Å². The van der Waals surface area contributed by atoms with Gasteiger partial charge < -0.3 is 14.3 Å². The summed E-state index contributed by atoms with van der Waals surface area (Å²) in [6.45, 7) is 0. The number of nitrogens with zero attached hydrogens (tertiary/aromatic N) is 4. The summed E-state index contributed by atoms with van der Waals surface area (Å²) in [6.07, 6.45) is 1.37. The van der Waals surface area contributed by atoms with Gasteiger partial charge in [0.25, 0.3) is 0 Å². The predicted octanol–water partition coefficient (Wildman–Crippen LogP) is 1.19. The van der Waals surface area contributed by atoms with Crippen molar-refractivity contribution in [2.75, 3.05) is 5.73 Å². The molecule has 0 aliphatic rings. The van der Waals surface area contributed by atoms with Gasteiger partial charge in [0.05, 0.1) is 6.26 Å². The number of anilines is 1. The summed E-state index contributed by atoms with van der Waals surface area (Å²) in [7, 11) is -5.87. The van der Waals surface area contributed by atoms with E-state index in [2.05, 4.69) is 19.2 Å². The predicted molar refractivity (Wildman–Crippen MR) is 68.5 cm³/mol. The molecule has 0 saturated heterocycles. The van der Waals surface area contributed by atoms with E-state index in [9.17, 15) is 21.6 Å². The maximum atomic E-state index is 12.3. The highest BCUT2D eigenvalue weighted by Gasteiger charge is 2.49. The van der Waals surface area contributed by atoms with Crippen molar-refractivity contribution in [3.05, 3.63) is 24.5 Å². The van der Waals surface area contributed by atoms with Crippen LogP contribution in [0.15, 0.2) is 28.9 Å². The third-order valence-electron chi connectivity index (χ3n) is 2.55. The normalized spacial score (nSPS) is 12.7. The zero-order valence-electron chi connectivity index (χ0n) is 10.9. The molecule has 23 heavy (non-hydrogen) atoms. The Hall–Kier alpha value is -2.83. The summed E-state index contributed by atoms with van der Waals surface area (Å²) in [6, 6.07) is 3.97. The highest BCUT2D eigenvalue weighted by atomic mass is 32.2. The van der Waals surface area contributed by atoms with Crippen molar-refractivity contribution in [2.45, 2.75) is 5.51 Å². The maximum Gasteiger partial charge on any atom is 0.534 e. The number of rotatable bonds is 3. The van der Waals surface area contributed by atoms with Crippen LogP contribution in [0.2, 0.25) is 0 Å². The second-order valence-electron chi connectivity index (χ2n) is 4.12. The molecular weight excluding hydrogens is 343 g/mol. The van der Waals surface area contributed by atoms with Gasteiger partial charge in [-0.15, -0.1) is 5.10 Å². The van der Waals surface area contributed by atoms with E-state index in [-0.39, 0.29) is 17.2 Å². The fourth-order valence-electron chi connectivity index (χ4n) is 1.60. The van der Waals surface area contributed by atoms with Gasteiger partial charge in [0.2, 0.25) is 17.7 Å². The molecule has 0 spiro atoms. The Morgan fingerprint density at radius 3 is 2.65 bits per heavy atom. The van der Waals surface area contributed by atoms with Crippen LogP contribution in [0.25, 0.3) is 17.2 Å². The van der Waals surface area contributed by atoms with E-state index < -0.39 is 27.5 Å². The molecule has 0 radical (unpaired) electrons. The van der Waals surface area contributed by atoms with Gasteiger partial charge in [0.1, 0.15) is 0 Å². The molecule has 13 heteroatoms. The average molecular weight is 349 g/mol. The highest BCUT2D eigenvalue weighted by molar-refractivity contribution is 7.87. The number of nitrogens with two attached hydrogens (primary N) is 1. The summed E-state index contributed by atoms with van der Waals surface area (Å²) < 4.78 is 68.8. The van der Waals surface area contributed by atoms with Crippen LogP contribution in [0.1, 0.15) is 0 Å². The third-order valence-corrected chi connectivity index (χ3v) is 3.50. The monoisotopic (exact) mass is 349 g/mol. The van der Waals surface area contributed by atoms with E-state index in [1.54, 1.807) is 12.1 Å². The molecule has 0 saturated carbocycles. The second-order valence-corrected chi connectivity index (χ2v) is 5.66. The van der Waals surface area contributed by atoms with E-state index in [0.29, 0.717) is 0 Å². The number of nitrogen functional groups attached to an aromatic ring is 1. The first-order chi connectivity index (χ1) is 10.7. The number of halogens is 3. The molecule has 3 heterocycles. The Kier molecular flexibility index (Phi) is 3.17. The van der Waals surface area contributed by atoms with Crippen LogP contribution in [0.4, 0.5) is 19.1 Å². The van der Waals surface area contributed by atoms with Crippen LogP contribution >= 0.6 is 0 Å². The molecule has 9 nitrogen and oxygen atoms in total. The van der Waals surface area contributed by atoms with E-state index in [4.69, 9.17) is 10.2 Å². The van der Waals surface area contributed by atoms with Gasteiger partial charge in [-0.25, -0.2) is 4.98 Å². The first kappa shape index (κ1) is 15.1. The van der Waals surface area contributed by atoms with E-state index >= 15 is 0 Å². The lowest BCUT2D eigenvalue weighted by Crippen LogP contribution is -2.28. The van der Waals surface area contributed by atoms with Gasteiger partial charge in [-0.05, 0) is 12.1 Å². The first-order valence-electron chi connectivity index (χ1n) is 5.75. The van der Waals surface area contributed by atoms with Gasteiger partial charge in [0, 0.05) is 6.07 Å². The van der Waals surface area contributed by atoms with E-state index in [1.165, 1.54) is 6.26 Å². The second kappa shape index (κ2) is 4.84.